The molecule has 5 aromatic rings. The third kappa shape index (κ3) is 4.67. The molecule has 0 unspecified atom stereocenters. The fraction of sp³-hybridized carbons (Fsp3) is 0.219. The minimum atomic E-state index is -0.0104. The van der Waals surface area contributed by atoms with Gasteiger partial charge in [-0.15, -0.1) is 10.2 Å². The Bertz CT molecular complexity index is 1780. The monoisotopic (exact) mass is 527 g/mol. The van der Waals surface area contributed by atoms with Gasteiger partial charge in [-0.05, 0) is 30.5 Å². The number of aromatic nitrogens is 5. The molecule has 2 aliphatic heterocycles. The van der Waals surface area contributed by atoms with Crippen LogP contribution in [0.4, 0.5) is 0 Å². The number of hydrogen-bond donors (Lipinski definition) is 1. The van der Waals surface area contributed by atoms with Gasteiger partial charge in [0.2, 0.25) is 0 Å². The maximum Gasteiger partial charge on any atom is 0.326 e. The largest absolute Gasteiger partial charge is 0.326 e. The maximum atomic E-state index is 12.6. The highest BCUT2D eigenvalue weighted by atomic mass is 16.1. The summed E-state index contributed by atoms with van der Waals surface area (Å²) in [5.74, 6) is 0.570. The molecule has 0 aliphatic carbocycles. The van der Waals surface area contributed by atoms with E-state index in [0.717, 1.165) is 78.2 Å². The second-order valence-electron chi connectivity index (χ2n) is 10.4. The van der Waals surface area contributed by atoms with Gasteiger partial charge in [0, 0.05) is 49.4 Å². The van der Waals surface area contributed by atoms with Gasteiger partial charge in [-0.2, -0.15) is 0 Å². The van der Waals surface area contributed by atoms with Crippen molar-refractivity contribution in [2.24, 2.45) is 4.99 Å². The number of para-hydroxylation sites is 2. The zero-order valence-electron chi connectivity index (χ0n) is 22.1. The highest BCUT2D eigenvalue weighted by Crippen LogP contribution is 2.30. The summed E-state index contributed by atoms with van der Waals surface area (Å²) < 4.78 is 1.95. The summed E-state index contributed by atoms with van der Waals surface area (Å²) in [7, 11) is 0. The van der Waals surface area contributed by atoms with Crippen LogP contribution in [0.1, 0.15) is 36.7 Å². The quantitative estimate of drug-likeness (QED) is 0.320. The van der Waals surface area contributed by atoms with Crippen molar-refractivity contribution in [1.82, 2.24) is 29.6 Å². The minimum absolute atomic E-state index is 0.0104. The summed E-state index contributed by atoms with van der Waals surface area (Å²) in [4.78, 5) is 27.4. The van der Waals surface area contributed by atoms with E-state index in [1.165, 1.54) is 5.56 Å². The lowest BCUT2D eigenvalue weighted by Crippen LogP contribution is -2.36. The average molecular weight is 528 g/mol. The number of piperidine rings is 1. The molecule has 4 heterocycles. The van der Waals surface area contributed by atoms with Crippen molar-refractivity contribution in [1.29, 1.82) is 0 Å². The second-order valence-corrected chi connectivity index (χ2v) is 10.4. The number of benzene rings is 3. The van der Waals surface area contributed by atoms with Gasteiger partial charge in [0.1, 0.15) is 11.4 Å². The van der Waals surface area contributed by atoms with Gasteiger partial charge in [-0.3, -0.25) is 14.5 Å². The van der Waals surface area contributed by atoms with E-state index in [9.17, 15) is 4.79 Å². The number of imidazole rings is 1. The Kier molecular flexibility index (Phi) is 6.37. The third-order valence-electron chi connectivity index (χ3n) is 7.82. The van der Waals surface area contributed by atoms with Crippen LogP contribution in [0, 0.1) is 0 Å². The summed E-state index contributed by atoms with van der Waals surface area (Å²) in [6.45, 7) is 2.77. The first-order valence-electron chi connectivity index (χ1n) is 13.8. The molecule has 2 aromatic heterocycles. The lowest BCUT2D eigenvalue weighted by molar-refractivity contribution is 0.180. The number of nitrogens with one attached hydrogen (secondary N) is 1. The van der Waals surface area contributed by atoms with Crippen molar-refractivity contribution in [2.45, 2.75) is 31.8 Å². The number of aliphatic imine (C=N–C) groups is 1. The van der Waals surface area contributed by atoms with Crippen molar-refractivity contribution >= 4 is 16.7 Å². The fourth-order valence-corrected chi connectivity index (χ4v) is 5.75. The molecule has 1 saturated heterocycles. The number of rotatable bonds is 6. The fourth-order valence-electron chi connectivity index (χ4n) is 5.75. The molecule has 0 spiro atoms. The molecule has 7 rings (SSSR count). The molecule has 8 heteroatoms. The van der Waals surface area contributed by atoms with E-state index in [4.69, 9.17) is 4.98 Å². The van der Waals surface area contributed by atoms with Gasteiger partial charge in [-0.25, -0.2) is 9.78 Å². The lowest BCUT2D eigenvalue weighted by Gasteiger charge is -2.32. The first kappa shape index (κ1) is 24.4. The van der Waals surface area contributed by atoms with Crippen LogP contribution in [0.25, 0.3) is 33.5 Å². The maximum absolute atomic E-state index is 12.6. The molecule has 3 aromatic carbocycles. The molecule has 0 atom stereocenters. The van der Waals surface area contributed by atoms with Crippen LogP contribution in [0.2, 0.25) is 0 Å². The van der Waals surface area contributed by atoms with Crippen LogP contribution in [-0.4, -0.2) is 48.4 Å². The predicted octanol–water partition coefficient (Wildman–Crippen LogP) is 5.39. The zero-order valence-corrected chi connectivity index (χ0v) is 22.1. The number of fused-ring (bicyclic) bond motifs is 1. The van der Waals surface area contributed by atoms with E-state index in [1.54, 1.807) is 6.20 Å². The Morgan fingerprint density at radius 1 is 0.825 bits per heavy atom. The van der Waals surface area contributed by atoms with Gasteiger partial charge in [-0.1, -0.05) is 72.8 Å². The van der Waals surface area contributed by atoms with E-state index in [0.29, 0.717) is 5.82 Å². The van der Waals surface area contributed by atoms with Crippen molar-refractivity contribution in [2.75, 3.05) is 13.1 Å². The highest BCUT2D eigenvalue weighted by Gasteiger charge is 2.24. The smallest absolute Gasteiger partial charge is 0.306 e. The molecule has 8 nitrogen and oxygen atoms in total. The number of H-pyrrole nitrogens is 1. The van der Waals surface area contributed by atoms with Crippen LogP contribution in [0.3, 0.4) is 0 Å². The molecule has 0 saturated carbocycles. The minimum Gasteiger partial charge on any atom is -0.306 e. The molecular weight excluding hydrogens is 498 g/mol. The first-order chi connectivity index (χ1) is 19.7. The zero-order chi connectivity index (χ0) is 26.9. The van der Waals surface area contributed by atoms with Crippen LogP contribution in [0.15, 0.2) is 101 Å². The van der Waals surface area contributed by atoms with Crippen LogP contribution in [0.5, 0.6) is 0 Å². The van der Waals surface area contributed by atoms with E-state index < -0.39 is 0 Å². The molecule has 198 valence electrons. The predicted molar refractivity (Wildman–Crippen MR) is 157 cm³/mol. The van der Waals surface area contributed by atoms with Gasteiger partial charge in [0.25, 0.3) is 0 Å². The Morgan fingerprint density at radius 3 is 2.35 bits per heavy atom. The molecule has 1 fully saturated rings. The van der Waals surface area contributed by atoms with Crippen LogP contribution in [-0.2, 0) is 6.54 Å². The molecular formula is C32H29N7O. The van der Waals surface area contributed by atoms with E-state index in [-0.39, 0.29) is 11.7 Å². The van der Waals surface area contributed by atoms with E-state index in [1.807, 2.05) is 65.2 Å². The van der Waals surface area contributed by atoms with Gasteiger partial charge < -0.3 is 4.98 Å². The number of hydrogen-bond acceptors (Lipinski definition) is 6. The summed E-state index contributed by atoms with van der Waals surface area (Å²) >= 11 is 0. The topological polar surface area (TPSA) is 92.1 Å². The van der Waals surface area contributed by atoms with E-state index >= 15 is 0 Å². The normalized spacial score (nSPS) is 16.1. The van der Waals surface area contributed by atoms with Gasteiger partial charge in [0.05, 0.1) is 16.7 Å². The molecule has 40 heavy (non-hydrogen) atoms. The number of allylic oxidation sites excluding steroid dienone is 1. The Balaban J connectivity index is 1.08. The van der Waals surface area contributed by atoms with Crippen LogP contribution < -0.4 is 5.69 Å². The summed E-state index contributed by atoms with van der Waals surface area (Å²) in [6.07, 6.45) is 6.42. The van der Waals surface area contributed by atoms with Gasteiger partial charge >= 0.3 is 5.69 Å². The standard InChI is InChI=1S/C32H29N7O/c40-32-34-26-9-4-5-11-28(26)39(32)25-16-19-38(20-17-25)21-22-12-14-24(15-13-22)29-30(23-7-2-1-3-8-23)36-37-31(35-29)27-10-6-18-33-27/h1-9,11-15,18,25H,10,16-17,19-21H2,(H,34,40). The number of aromatic amines is 1. The summed E-state index contributed by atoms with van der Waals surface area (Å²) in [5, 5.41) is 8.99. The summed E-state index contributed by atoms with van der Waals surface area (Å²) in [6, 6.07) is 26.8. The average Bonchev–Trinajstić information content (AvgIpc) is 3.66. The first-order valence-corrected chi connectivity index (χ1v) is 13.8. The van der Waals surface area contributed by atoms with Crippen molar-refractivity contribution in [3.8, 4) is 22.5 Å². The summed E-state index contributed by atoms with van der Waals surface area (Å²) in [5.41, 5.74) is 7.53. The van der Waals surface area contributed by atoms with Crippen molar-refractivity contribution in [3.63, 3.8) is 0 Å². The Morgan fingerprint density at radius 2 is 1.57 bits per heavy atom. The number of nitrogens with zero attached hydrogens (tertiary/aromatic N) is 6. The molecule has 2 aliphatic rings. The van der Waals surface area contributed by atoms with Gasteiger partial charge in [0.15, 0.2) is 5.82 Å². The lowest BCUT2D eigenvalue weighted by atomic mass is 10.0. The molecule has 0 amide bonds. The Labute approximate surface area is 231 Å². The number of likely N-dealkylation sites (tertiary alicyclic amines) is 1. The molecule has 0 bridgehead atoms. The molecule has 0 radical (unpaired) electrons. The third-order valence-corrected chi connectivity index (χ3v) is 7.82. The van der Waals surface area contributed by atoms with Crippen molar-refractivity contribution < 1.29 is 0 Å². The second kappa shape index (κ2) is 10.5. The highest BCUT2D eigenvalue weighted by molar-refractivity contribution is 6.00. The molecule has 1 N–H and O–H groups in total. The SMILES string of the molecule is O=c1[nH]c2ccccc2n1C1CCN(Cc2ccc(-c3nc(C4=NC=CC4)nnc3-c3ccccc3)cc2)CC1. The van der Waals surface area contributed by atoms with Crippen LogP contribution >= 0.6 is 0 Å². The van der Waals surface area contributed by atoms with E-state index in [2.05, 4.69) is 49.3 Å². The Hall–Kier alpha value is -4.69. The van der Waals surface area contributed by atoms with Crippen molar-refractivity contribution in [3.05, 3.63) is 113 Å².